The highest BCUT2D eigenvalue weighted by Gasteiger charge is 2.25. The SMILES string of the molecule is O=C(c1cc(F)ccc1F)C1CNCCO1. The van der Waals surface area contributed by atoms with E-state index >= 15 is 0 Å². The summed E-state index contributed by atoms with van der Waals surface area (Å²) in [5.41, 5.74) is -0.256. The third-order valence-electron chi connectivity index (χ3n) is 2.41. The maximum atomic E-state index is 13.3. The zero-order valence-electron chi connectivity index (χ0n) is 8.50. The Labute approximate surface area is 91.4 Å². The van der Waals surface area contributed by atoms with E-state index in [1.807, 2.05) is 0 Å². The highest BCUT2D eigenvalue weighted by atomic mass is 19.1. The first kappa shape index (κ1) is 11.2. The molecule has 3 nitrogen and oxygen atoms in total. The summed E-state index contributed by atoms with van der Waals surface area (Å²) >= 11 is 0. The lowest BCUT2D eigenvalue weighted by molar-refractivity contribution is 0.0266. The van der Waals surface area contributed by atoms with Crippen LogP contribution in [0.5, 0.6) is 0 Å². The van der Waals surface area contributed by atoms with E-state index in [4.69, 9.17) is 4.74 Å². The molecule has 1 aliphatic rings. The molecular weight excluding hydrogens is 216 g/mol. The molecule has 1 aromatic carbocycles. The Bertz CT molecular complexity index is 403. The van der Waals surface area contributed by atoms with Crippen LogP contribution in [0.2, 0.25) is 0 Å². The first-order valence-electron chi connectivity index (χ1n) is 5.00. The quantitative estimate of drug-likeness (QED) is 0.770. The largest absolute Gasteiger partial charge is 0.367 e. The Balaban J connectivity index is 2.22. The van der Waals surface area contributed by atoms with Crippen molar-refractivity contribution in [1.82, 2.24) is 5.32 Å². The highest BCUT2D eigenvalue weighted by molar-refractivity contribution is 6.00. The van der Waals surface area contributed by atoms with Crippen molar-refractivity contribution in [2.45, 2.75) is 6.10 Å². The number of halogens is 2. The fourth-order valence-electron chi connectivity index (χ4n) is 1.59. The second kappa shape index (κ2) is 4.67. The van der Waals surface area contributed by atoms with Gasteiger partial charge in [0, 0.05) is 13.1 Å². The summed E-state index contributed by atoms with van der Waals surface area (Å²) in [5, 5.41) is 2.96. The van der Waals surface area contributed by atoms with E-state index in [0.29, 0.717) is 19.7 Å². The van der Waals surface area contributed by atoms with Gasteiger partial charge in [-0.15, -0.1) is 0 Å². The van der Waals surface area contributed by atoms with Crippen LogP contribution in [0.4, 0.5) is 8.78 Å². The molecule has 1 aliphatic heterocycles. The summed E-state index contributed by atoms with van der Waals surface area (Å²) in [5.74, 6) is -1.88. The number of carbonyl (C=O) groups is 1. The van der Waals surface area contributed by atoms with Crippen LogP contribution in [-0.2, 0) is 4.74 Å². The molecule has 0 saturated carbocycles. The van der Waals surface area contributed by atoms with E-state index in [-0.39, 0.29) is 5.56 Å². The van der Waals surface area contributed by atoms with Gasteiger partial charge in [-0.3, -0.25) is 4.79 Å². The zero-order valence-corrected chi connectivity index (χ0v) is 8.50. The van der Waals surface area contributed by atoms with Crippen molar-refractivity contribution in [1.29, 1.82) is 0 Å². The van der Waals surface area contributed by atoms with Gasteiger partial charge in [0.05, 0.1) is 12.2 Å². The minimum absolute atomic E-state index is 0.256. The van der Waals surface area contributed by atoms with Crippen LogP contribution < -0.4 is 5.32 Å². The molecule has 0 amide bonds. The van der Waals surface area contributed by atoms with Gasteiger partial charge < -0.3 is 10.1 Å². The normalized spacial score (nSPS) is 20.8. The summed E-state index contributed by atoms with van der Waals surface area (Å²) in [7, 11) is 0. The number of hydrogen-bond donors (Lipinski definition) is 1. The van der Waals surface area contributed by atoms with Gasteiger partial charge in [0.2, 0.25) is 0 Å². The molecule has 0 bridgehead atoms. The van der Waals surface area contributed by atoms with E-state index in [1.165, 1.54) is 0 Å². The molecule has 5 heteroatoms. The first-order chi connectivity index (χ1) is 7.68. The van der Waals surface area contributed by atoms with Crippen LogP contribution in [0.25, 0.3) is 0 Å². The molecule has 0 radical (unpaired) electrons. The van der Waals surface area contributed by atoms with Crippen molar-refractivity contribution in [3.8, 4) is 0 Å². The van der Waals surface area contributed by atoms with Gasteiger partial charge in [0.1, 0.15) is 17.7 Å². The van der Waals surface area contributed by atoms with Crippen LogP contribution >= 0.6 is 0 Å². The molecule has 1 atom stereocenters. The minimum atomic E-state index is -0.731. The standard InChI is InChI=1S/C11H11F2NO2/c12-7-1-2-9(13)8(5-7)11(15)10-6-14-3-4-16-10/h1-2,5,10,14H,3-4,6H2. The molecule has 1 fully saturated rings. The molecule has 0 aromatic heterocycles. The Hall–Kier alpha value is -1.33. The van der Waals surface area contributed by atoms with E-state index < -0.39 is 23.5 Å². The van der Waals surface area contributed by atoms with Crippen molar-refractivity contribution in [2.75, 3.05) is 19.7 Å². The number of Topliss-reactive ketones (excluding diaryl/α,β-unsaturated/α-hetero) is 1. The molecule has 0 spiro atoms. The van der Waals surface area contributed by atoms with Crippen molar-refractivity contribution in [3.05, 3.63) is 35.4 Å². The average molecular weight is 227 g/mol. The van der Waals surface area contributed by atoms with Crippen LogP contribution in [0.15, 0.2) is 18.2 Å². The first-order valence-corrected chi connectivity index (χ1v) is 5.00. The molecule has 1 unspecified atom stereocenters. The van der Waals surface area contributed by atoms with E-state index in [9.17, 15) is 13.6 Å². The number of benzene rings is 1. The second-order valence-electron chi connectivity index (χ2n) is 3.55. The number of carbonyl (C=O) groups excluding carboxylic acids is 1. The van der Waals surface area contributed by atoms with Crippen molar-refractivity contribution < 1.29 is 18.3 Å². The monoisotopic (exact) mass is 227 g/mol. The number of hydrogen-bond acceptors (Lipinski definition) is 3. The molecular formula is C11H11F2NO2. The summed E-state index contributed by atoms with van der Waals surface area (Å²) in [4.78, 5) is 11.8. The maximum Gasteiger partial charge on any atom is 0.195 e. The lowest BCUT2D eigenvalue weighted by Crippen LogP contribution is -2.43. The number of ether oxygens (including phenoxy) is 1. The number of rotatable bonds is 2. The predicted molar refractivity (Wildman–Crippen MR) is 53.3 cm³/mol. The number of ketones is 1. The second-order valence-corrected chi connectivity index (χ2v) is 3.55. The van der Waals surface area contributed by atoms with Gasteiger partial charge in [-0.25, -0.2) is 8.78 Å². The third kappa shape index (κ3) is 2.25. The smallest absolute Gasteiger partial charge is 0.195 e. The Morgan fingerprint density at radius 1 is 1.44 bits per heavy atom. The number of nitrogens with one attached hydrogen (secondary N) is 1. The Morgan fingerprint density at radius 2 is 2.25 bits per heavy atom. The van der Waals surface area contributed by atoms with Gasteiger partial charge in [0.15, 0.2) is 5.78 Å². The van der Waals surface area contributed by atoms with Crippen molar-refractivity contribution >= 4 is 5.78 Å². The Morgan fingerprint density at radius 3 is 2.94 bits per heavy atom. The molecule has 0 aliphatic carbocycles. The third-order valence-corrected chi connectivity index (χ3v) is 2.41. The molecule has 1 heterocycles. The van der Waals surface area contributed by atoms with E-state index in [0.717, 1.165) is 18.2 Å². The fraction of sp³-hybridized carbons (Fsp3) is 0.364. The molecule has 86 valence electrons. The van der Waals surface area contributed by atoms with Crippen LogP contribution in [0.3, 0.4) is 0 Å². The van der Waals surface area contributed by atoms with Crippen LogP contribution in [-0.4, -0.2) is 31.6 Å². The molecule has 16 heavy (non-hydrogen) atoms. The van der Waals surface area contributed by atoms with Crippen molar-refractivity contribution in [2.24, 2.45) is 0 Å². The van der Waals surface area contributed by atoms with Gasteiger partial charge >= 0.3 is 0 Å². The van der Waals surface area contributed by atoms with Gasteiger partial charge in [-0.2, -0.15) is 0 Å². The summed E-state index contributed by atoms with van der Waals surface area (Å²) in [6.45, 7) is 1.39. The van der Waals surface area contributed by atoms with Gasteiger partial charge in [-0.1, -0.05) is 0 Å². The van der Waals surface area contributed by atoms with Crippen LogP contribution in [0.1, 0.15) is 10.4 Å². The van der Waals surface area contributed by atoms with E-state index in [1.54, 1.807) is 0 Å². The van der Waals surface area contributed by atoms with Gasteiger partial charge in [-0.05, 0) is 18.2 Å². The molecule has 1 N–H and O–H groups in total. The summed E-state index contributed by atoms with van der Waals surface area (Å²) < 4.78 is 31.4. The van der Waals surface area contributed by atoms with Crippen molar-refractivity contribution in [3.63, 3.8) is 0 Å². The minimum Gasteiger partial charge on any atom is -0.367 e. The highest BCUT2D eigenvalue weighted by Crippen LogP contribution is 2.14. The Kier molecular flexibility index (Phi) is 3.26. The van der Waals surface area contributed by atoms with E-state index in [2.05, 4.69) is 5.32 Å². The fourth-order valence-corrected chi connectivity index (χ4v) is 1.59. The predicted octanol–water partition coefficient (Wildman–Crippen LogP) is 1.14. The summed E-state index contributed by atoms with van der Waals surface area (Å²) in [6, 6.07) is 2.82. The number of morpholine rings is 1. The molecule has 1 aromatic rings. The molecule has 1 saturated heterocycles. The lowest BCUT2D eigenvalue weighted by atomic mass is 10.0. The van der Waals surface area contributed by atoms with Gasteiger partial charge in [0.25, 0.3) is 0 Å². The summed E-state index contributed by atoms with van der Waals surface area (Å²) in [6.07, 6.45) is -0.731. The average Bonchev–Trinajstić information content (AvgIpc) is 2.32. The lowest BCUT2D eigenvalue weighted by Gasteiger charge is -2.22. The topological polar surface area (TPSA) is 38.3 Å². The van der Waals surface area contributed by atoms with Crippen LogP contribution in [0, 0.1) is 11.6 Å². The maximum absolute atomic E-state index is 13.3. The molecule has 2 rings (SSSR count). The zero-order chi connectivity index (χ0) is 11.5.